The number of nitrogens with one attached hydrogen (secondary N) is 1. The molecule has 2 heterocycles. The van der Waals surface area contributed by atoms with Crippen LogP contribution in [0.3, 0.4) is 0 Å². The van der Waals surface area contributed by atoms with E-state index < -0.39 is 0 Å². The van der Waals surface area contributed by atoms with E-state index in [0.717, 1.165) is 27.3 Å². The van der Waals surface area contributed by atoms with Gasteiger partial charge in [-0.1, -0.05) is 16.4 Å². The maximum absolute atomic E-state index is 5.66. The number of rotatable bonds is 5. The van der Waals surface area contributed by atoms with E-state index in [-0.39, 0.29) is 6.01 Å². The number of anilines is 2. The zero-order valence-electron chi connectivity index (χ0n) is 13.5. The summed E-state index contributed by atoms with van der Waals surface area (Å²) in [4.78, 5) is 4.50. The summed E-state index contributed by atoms with van der Waals surface area (Å²) in [7, 11) is 3.25. The number of hydrogen-bond acceptors (Lipinski definition) is 8. The number of ether oxygens (including phenoxy) is 2. The Bertz CT molecular complexity index is 1010. The first kappa shape index (κ1) is 15.4. The summed E-state index contributed by atoms with van der Waals surface area (Å²) in [5.74, 6) is 1.96. The molecule has 0 aliphatic heterocycles. The van der Waals surface area contributed by atoms with Gasteiger partial charge in [-0.15, -0.1) is 5.10 Å². The first-order valence-electron chi connectivity index (χ1n) is 7.45. The quantitative estimate of drug-likeness (QED) is 0.577. The number of thiazole rings is 1. The summed E-state index contributed by atoms with van der Waals surface area (Å²) in [6, 6.07) is 13.4. The highest BCUT2D eigenvalue weighted by molar-refractivity contribution is 7.22. The molecule has 4 rings (SSSR count). The first-order valence-corrected chi connectivity index (χ1v) is 8.26. The minimum absolute atomic E-state index is 0.289. The van der Waals surface area contributed by atoms with Gasteiger partial charge in [-0.3, -0.25) is 5.32 Å². The van der Waals surface area contributed by atoms with Crippen molar-refractivity contribution in [2.24, 2.45) is 0 Å². The number of aromatic nitrogens is 3. The lowest BCUT2D eigenvalue weighted by atomic mass is 10.2. The predicted octanol–water partition coefficient (Wildman–Crippen LogP) is 4.11. The van der Waals surface area contributed by atoms with Gasteiger partial charge in [0.1, 0.15) is 11.5 Å². The van der Waals surface area contributed by atoms with Gasteiger partial charge < -0.3 is 13.9 Å². The fourth-order valence-electron chi connectivity index (χ4n) is 2.30. The Morgan fingerprint density at radius 1 is 0.960 bits per heavy atom. The summed E-state index contributed by atoms with van der Waals surface area (Å²) in [5, 5.41) is 11.8. The Morgan fingerprint density at radius 3 is 2.48 bits per heavy atom. The van der Waals surface area contributed by atoms with Crippen LogP contribution < -0.4 is 14.8 Å². The van der Waals surface area contributed by atoms with Gasteiger partial charge in [-0.2, -0.15) is 0 Å². The Hall–Kier alpha value is -3.13. The highest BCUT2D eigenvalue weighted by atomic mass is 32.1. The van der Waals surface area contributed by atoms with E-state index in [2.05, 4.69) is 20.5 Å². The molecule has 0 saturated heterocycles. The molecular weight excluding hydrogens is 340 g/mol. The molecule has 2 aromatic carbocycles. The van der Waals surface area contributed by atoms with Crippen molar-refractivity contribution in [1.29, 1.82) is 0 Å². The molecule has 8 heteroatoms. The molecule has 7 nitrogen and oxygen atoms in total. The van der Waals surface area contributed by atoms with Crippen LogP contribution in [0.25, 0.3) is 21.7 Å². The van der Waals surface area contributed by atoms with Crippen LogP contribution in [0, 0.1) is 0 Å². The lowest BCUT2D eigenvalue weighted by molar-refractivity contribution is 0.415. The van der Waals surface area contributed by atoms with Crippen LogP contribution in [-0.4, -0.2) is 29.4 Å². The van der Waals surface area contributed by atoms with E-state index in [0.29, 0.717) is 11.0 Å². The van der Waals surface area contributed by atoms with Gasteiger partial charge in [0.25, 0.3) is 0 Å². The minimum Gasteiger partial charge on any atom is -0.497 e. The summed E-state index contributed by atoms with van der Waals surface area (Å²) in [6.07, 6.45) is 0. The molecule has 0 atom stereocenters. The normalized spacial score (nSPS) is 10.8. The second-order valence-electron chi connectivity index (χ2n) is 5.12. The molecule has 0 spiro atoms. The van der Waals surface area contributed by atoms with E-state index >= 15 is 0 Å². The zero-order valence-corrected chi connectivity index (χ0v) is 14.3. The molecular formula is C17H14N4O3S. The first-order chi connectivity index (χ1) is 12.2. The SMILES string of the molecule is COc1ccc(-c2nnc(Nc3nc4cc(OC)ccc4s3)o2)cc1. The third-order valence-corrected chi connectivity index (χ3v) is 4.52. The maximum Gasteiger partial charge on any atom is 0.322 e. The lowest BCUT2D eigenvalue weighted by Gasteiger charge is -1.99. The van der Waals surface area contributed by atoms with Crippen LogP contribution in [0.1, 0.15) is 0 Å². The van der Waals surface area contributed by atoms with Gasteiger partial charge in [-0.05, 0) is 36.4 Å². The van der Waals surface area contributed by atoms with E-state index in [1.807, 2.05) is 42.5 Å². The molecule has 0 saturated carbocycles. The largest absolute Gasteiger partial charge is 0.497 e. The van der Waals surface area contributed by atoms with Crippen molar-refractivity contribution in [3.8, 4) is 23.0 Å². The highest BCUT2D eigenvalue weighted by Gasteiger charge is 2.11. The fraction of sp³-hybridized carbons (Fsp3) is 0.118. The van der Waals surface area contributed by atoms with Crippen molar-refractivity contribution in [3.63, 3.8) is 0 Å². The average molecular weight is 354 g/mol. The Morgan fingerprint density at radius 2 is 1.72 bits per heavy atom. The monoisotopic (exact) mass is 354 g/mol. The van der Waals surface area contributed by atoms with Gasteiger partial charge in [0, 0.05) is 11.6 Å². The van der Waals surface area contributed by atoms with Crippen molar-refractivity contribution < 1.29 is 13.9 Å². The third kappa shape index (κ3) is 3.11. The van der Waals surface area contributed by atoms with Gasteiger partial charge in [-0.25, -0.2) is 4.98 Å². The molecule has 0 aliphatic carbocycles. The van der Waals surface area contributed by atoms with Gasteiger partial charge in [0.2, 0.25) is 5.89 Å². The summed E-state index contributed by atoms with van der Waals surface area (Å²) in [6.45, 7) is 0. The zero-order chi connectivity index (χ0) is 17.2. The Labute approximate surface area is 147 Å². The average Bonchev–Trinajstić information content (AvgIpc) is 3.27. The number of benzene rings is 2. The van der Waals surface area contributed by atoms with Crippen LogP contribution >= 0.6 is 11.3 Å². The van der Waals surface area contributed by atoms with Gasteiger partial charge >= 0.3 is 6.01 Å². The maximum atomic E-state index is 5.66. The number of methoxy groups -OCH3 is 2. The minimum atomic E-state index is 0.289. The molecule has 4 aromatic rings. The van der Waals surface area contributed by atoms with E-state index in [9.17, 15) is 0 Å². The molecule has 0 aliphatic rings. The lowest BCUT2D eigenvalue weighted by Crippen LogP contribution is -1.88. The standard InChI is InChI=1S/C17H14N4O3S/c1-22-11-5-3-10(4-6-11)15-20-21-16(24-15)19-17-18-13-9-12(23-2)7-8-14(13)25-17/h3-9H,1-2H3,(H,18,19,21). The summed E-state index contributed by atoms with van der Waals surface area (Å²) in [5.41, 5.74) is 1.66. The fourth-order valence-corrected chi connectivity index (χ4v) is 3.14. The predicted molar refractivity (Wildman–Crippen MR) is 95.7 cm³/mol. The number of hydrogen-bond donors (Lipinski definition) is 1. The third-order valence-electron chi connectivity index (χ3n) is 3.57. The van der Waals surface area contributed by atoms with Gasteiger partial charge in [0.05, 0.1) is 24.4 Å². The molecule has 0 unspecified atom stereocenters. The molecule has 0 amide bonds. The molecule has 1 N–H and O–H groups in total. The van der Waals surface area contributed by atoms with Crippen LogP contribution in [0.4, 0.5) is 11.1 Å². The molecule has 0 fully saturated rings. The van der Waals surface area contributed by atoms with Crippen LogP contribution in [-0.2, 0) is 0 Å². The Balaban J connectivity index is 1.56. The molecule has 2 aromatic heterocycles. The van der Waals surface area contributed by atoms with Crippen molar-refractivity contribution in [1.82, 2.24) is 15.2 Å². The second kappa shape index (κ2) is 6.40. The van der Waals surface area contributed by atoms with Crippen LogP contribution in [0.2, 0.25) is 0 Å². The second-order valence-corrected chi connectivity index (χ2v) is 6.15. The molecule has 126 valence electrons. The molecule has 0 bridgehead atoms. The van der Waals surface area contributed by atoms with E-state index in [1.54, 1.807) is 14.2 Å². The molecule has 0 radical (unpaired) electrons. The Kier molecular flexibility index (Phi) is 3.95. The van der Waals surface area contributed by atoms with Crippen molar-refractivity contribution in [2.75, 3.05) is 19.5 Å². The smallest absolute Gasteiger partial charge is 0.322 e. The van der Waals surface area contributed by atoms with Crippen molar-refractivity contribution in [3.05, 3.63) is 42.5 Å². The number of nitrogens with zero attached hydrogens (tertiary/aromatic N) is 3. The highest BCUT2D eigenvalue weighted by Crippen LogP contribution is 2.31. The topological polar surface area (TPSA) is 82.3 Å². The summed E-state index contributed by atoms with van der Waals surface area (Å²) >= 11 is 1.50. The van der Waals surface area contributed by atoms with Crippen molar-refractivity contribution in [2.45, 2.75) is 0 Å². The van der Waals surface area contributed by atoms with E-state index in [1.165, 1.54) is 11.3 Å². The summed E-state index contributed by atoms with van der Waals surface area (Å²) < 4.78 is 17.0. The number of fused-ring (bicyclic) bond motifs is 1. The van der Waals surface area contributed by atoms with Crippen LogP contribution in [0.5, 0.6) is 11.5 Å². The van der Waals surface area contributed by atoms with Gasteiger partial charge in [0.15, 0.2) is 5.13 Å². The van der Waals surface area contributed by atoms with Crippen molar-refractivity contribution >= 4 is 32.7 Å². The van der Waals surface area contributed by atoms with E-state index in [4.69, 9.17) is 13.9 Å². The van der Waals surface area contributed by atoms with Crippen LogP contribution in [0.15, 0.2) is 46.9 Å². The molecule has 25 heavy (non-hydrogen) atoms.